The Morgan fingerprint density at radius 3 is 2.52 bits per heavy atom. The minimum Gasteiger partial charge on any atom is -0.492 e. The minimum atomic E-state index is 0. The third-order valence-electron chi connectivity index (χ3n) is 5.35. The molecule has 0 aromatic heterocycles. The number of rotatable bonds is 11. The largest absolute Gasteiger partial charge is 0.492 e. The molecule has 0 bridgehead atoms. The average molecular weight is 548 g/mol. The molecule has 1 fully saturated rings. The van der Waals surface area contributed by atoms with Gasteiger partial charge in [0.15, 0.2) is 5.96 Å². The van der Waals surface area contributed by atoms with Gasteiger partial charge in [0.25, 0.3) is 0 Å². The SMILES string of the molecule is CN=C(NCCN(C(C)C)C(C)C)NCc1cccc(OCCN2CCOCC2)c1.I. The molecule has 2 rings (SSSR count). The molecule has 0 spiro atoms. The molecule has 0 atom stereocenters. The predicted octanol–water partition coefficient (Wildman–Crippen LogP) is 2.80. The zero-order chi connectivity index (χ0) is 21.8. The summed E-state index contributed by atoms with van der Waals surface area (Å²) in [5.74, 6) is 1.73. The van der Waals surface area contributed by atoms with Gasteiger partial charge >= 0.3 is 0 Å². The maximum absolute atomic E-state index is 5.96. The molecule has 1 saturated heterocycles. The van der Waals surface area contributed by atoms with Crippen LogP contribution in [0.2, 0.25) is 0 Å². The van der Waals surface area contributed by atoms with E-state index in [1.54, 1.807) is 0 Å². The summed E-state index contributed by atoms with van der Waals surface area (Å²) in [6.07, 6.45) is 0. The highest BCUT2D eigenvalue weighted by molar-refractivity contribution is 14.0. The highest BCUT2D eigenvalue weighted by Crippen LogP contribution is 2.13. The quantitative estimate of drug-likeness (QED) is 0.253. The number of morpholine rings is 1. The van der Waals surface area contributed by atoms with Gasteiger partial charge in [-0.2, -0.15) is 0 Å². The molecule has 8 heteroatoms. The van der Waals surface area contributed by atoms with Gasteiger partial charge in [0.05, 0.1) is 13.2 Å². The molecule has 0 unspecified atom stereocenters. The van der Waals surface area contributed by atoms with Gasteiger partial charge in [0, 0.05) is 58.4 Å². The second-order valence-corrected chi connectivity index (χ2v) is 8.23. The summed E-state index contributed by atoms with van der Waals surface area (Å²) in [6.45, 7) is 16.8. The molecule has 2 N–H and O–H groups in total. The number of nitrogens with one attached hydrogen (secondary N) is 2. The first-order valence-electron chi connectivity index (χ1n) is 11.2. The number of hydrogen-bond acceptors (Lipinski definition) is 5. The maximum Gasteiger partial charge on any atom is 0.191 e. The van der Waals surface area contributed by atoms with Crippen LogP contribution in [0.3, 0.4) is 0 Å². The molecule has 0 radical (unpaired) electrons. The third kappa shape index (κ3) is 10.9. The maximum atomic E-state index is 5.96. The van der Waals surface area contributed by atoms with Gasteiger partial charge in [-0.1, -0.05) is 12.1 Å². The highest BCUT2D eigenvalue weighted by atomic mass is 127. The van der Waals surface area contributed by atoms with Gasteiger partial charge < -0.3 is 20.1 Å². The minimum absolute atomic E-state index is 0. The molecule has 0 saturated carbocycles. The lowest BCUT2D eigenvalue weighted by molar-refractivity contribution is 0.0322. The Bertz CT molecular complexity index is 628. The smallest absolute Gasteiger partial charge is 0.191 e. The van der Waals surface area contributed by atoms with E-state index in [2.05, 4.69) is 65.3 Å². The van der Waals surface area contributed by atoms with Crippen LogP contribution in [-0.2, 0) is 11.3 Å². The standard InChI is InChI=1S/C23H41N5O2.HI/c1-19(2)28(20(3)4)10-9-25-23(24-5)26-18-21-7-6-8-22(17-21)30-16-13-27-11-14-29-15-12-27;/h6-8,17,19-20H,9-16,18H2,1-5H3,(H2,24,25,26);1H. The number of halogens is 1. The van der Waals surface area contributed by atoms with Crippen LogP contribution in [0.1, 0.15) is 33.3 Å². The Kier molecular flexibility index (Phi) is 14.1. The summed E-state index contributed by atoms with van der Waals surface area (Å²) in [4.78, 5) is 9.19. The number of aliphatic imine (C=N–C) groups is 1. The van der Waals surface area contributed by atoms with Gasteiger partial charge in [-0.05, 0) is 45.4 Å². The first-order valence-corrected chi connectivity index (χ1v) is 11.2. The van der Waals surface area contributed by atoms with Crippen molar-refractivity contribution in [3.05, 3.63) is 29.8 Å². The van der Waals surface area contributed by atoms with E-state index in [0.29, 0.717) is 25.2 Å². The van der Waals surface area contributed by atoms with Gasteiger partial charge in [-0.3, -0.25) is 14.8 Å². The number of hydrogen-bond donors (Lipinski definition) is 2. The Balaban J connectivity index is 0.00000480. The van der Waals surface area contributed by atoms with Gasteiger partial charge in [-0.25, -0.2) is 0 Å². The molecule has 1 aromatic carbocycles. The molecular weight excluding hydrogens is 505 g/mol. The molecule has 7 nitrogen and oxygen atoms in total. The Labute approximate surface area is 206 Å². The van der Waals surface area contributed by atoms with Crippen molar-refractivity contribution in [2.45, 2.75) is 46.3 Å². The normalized spacial score (nSPS) is 15.3. The van der Waals surface area contributed by atoms with E-state index in [1.165, 1.54) is 5.56 Å². The topological polar surface area (TPSA) is 61.4 Å². The fourth-order valence-corrected chi connectivity index (χ4v) is 3.69. The Hall–Kier alpha value is -1.10. The monoisotopic (exact) mass is 547 g/mol. The van der Waals surface area contributed by atoms with Crippen molar-refractivity contribution in [3.63, 3.8) is 0 Å². The van der Waals surface area contributed by atoms with Gasteiger partial charge in [0.1, 0.15) is 12.4 Å². The predicted molar refractivity (Wildman–Crippen MR) is 140 cm³/mol. The summed E-state index contributed by atoms with van der Waals surface area (Å²) in [7, 11) is 1.81. The number of nitrogens with zero attached hydrogens (tertiary/aromatic N) is 3. The second kappa shape index (κ2) is 15.7. The van der Waals surface area contributed by atoms with Gasteiger partial charge in [0.2, 0.25) is 0 Å². The molecular formula is C23H42IN5O2. The summed E-state index contributed by atoms with van der Waals surface area (Å²) in [5.41, 5.74) is 1.17. The number of ether oxygens (including phenoxy) is 2. The Morgan fingerprint density at radius 1 is 1.16 bits per heavy atom. The average Bonchev–Trinajstić information content (AvgIpc) is 2.74. The van der Waals surface area contributed by atoms with Crippen LogP contribution in [0.25, 0.3) is 0 Å². The van der Waals surface area contributed by atoms with Crippen molar-refractivity contribution < 1.29 is 9.47 Å². The second-order valence-electron chi connectivity index (χ2n) is 8.23. The van der Waals surface area contributed by atoms with Crippen molar-refractivity contribution in [3.8, 4) is 5.75 Å². The molecule has 31 heavy (non-hydrogen) atoms. The van der Waals surface area contributed by atoms with Crippen molar-refractivity contribution in [1.29, 1.82) is 0 Å². The van der Waals surface area contributed by atoms with Gasteiger partial charge in [-0.15, -0.1) is 24.0 Å². The molecule has 1 aliphatic rings. The van der Waals surface area contributed by atoms with Crippen molar-refractivity contribution in [2.75, 3.05) is 59.6 Å². The van der Waals surface area contributed by atoms with Crippen LogP contribution >= 0.6 is 24.0 Å². The first kappa shape index (κ1) is 27.9. The van der Waals surface area contributed by atoms with E-state index in [1.807, 2.05) is 19.2 Å². The van der Waals surface area contributed by atoms with Crippen LogP contribution in [0, 0.1) is 0 Å². The summed E-state index contributed by atoms with van der Waals surface area (Å²) in [5, 5.41) is 6.81. The fraction of sp³-hybridized carbons (Fsp3) is 0.696. The molecule has 1 aromatic rings. The molecule has 1 aliphatic heterocycles. The van der Waals surface area contributed by atoms with E-state index in [9.17, 15) is 0 Å². The summed E-state index contributed by atoms with van der Waals surface area (Å²) >= 11 is 0. The van der Waals surface area contributed by atoms with Crippen LogP contribution in [0.5, 0.6) is 5.75 Å². The van der Waals surface area contributed by atoms with Crippen molar-refractivity contribution in [1.82, 2.24) is 20.4 Å². The zero-order valence-corrected chi connectivity index (χ0v) is 22.2. The number of guanidine groups is 1. The molecule has 1 heterocycles. The number of benzene rings is 1. The van der Waals surface area contributed by atoms with E-state index in [0.717, 1.165) is 57.6 Å². The van der Waals surface area contributed by atoms with Crippen molar-refractivity contribution in [2.24, 2.45) is 4.99 Å². The molecule has 0 aliphatic carbocycles. The van der Waals surface area contributed by atoms with E-state index >= 15 is 0 Å². The fourth-order valence-electron chi connectivity index (χ4n) is 3.69. The zero-order valence-electron chi connectivity index (χ0n) is 19.9. The van der Waals surface area contributed by atoms with Crippen LogP contribution < -0.4 is 15.4 Å². The van der Waals surface area contributed by atoms with Crippen LogP contribution in [0.15, 0.2) is 29.3 Å². The van der Waals surface area contributed by atoms with E-state index in [-0.39, 0.29) is 24.0 Å². The first-order chi connectivity index (χ1) is 14.5. The lowest BCUT2D eigenvalue weighted by atomic mass is 10.2. The Morgan fingerprint density at radius 2 is 1.87 bits per heavy atom. The van der Waals surface area contributed by atoms with E-state index < -0.39 is 0 Å². The van der Waals surface area contributed by atoms with Crippen LogP contribution in [0.4, 0.5) is 0 Å². The van der Waals surface area contributed by atoms with E-state index in [4.69, 9.17) is 9.47 Å². The lowest BCUT2D eigenvalue weighted by Crippen LogP contribution is -2.45. The summed E-state index contributed by atoms with van der Waals surface area (Å²) < 4.78 is 11.3. The highest BCUT2D eigenvalue weighted by Gasteiger charge is 2.13. The third-order valence-corrected chi connectivity index (χ3v) is 5.35. The molecule has 0 amide bonds. The summed E-state index contributed by atoms with van der Waals surface area (Å²) in [6, 6.07) is 9.33. The lowest BCUT2D eigenvalue weighted by Gasteiger charge is -2.30. The molecule has 178 valence electrons. The van der Waals surface area contributed by atoms with Crippen molar-refractivity contribution >= 4 is 29.9 Å². The van der Waals surface area contributed by atoms with Crippen LogP contribution in [-0.4, -0.2) is 87.4 Å².